The predicted octanol–water partition coefficient (Wildman–Crippen LogP) is 2.54. The molecule has 2 amide bonds. The van der Waals surface area contributed by atoms with Crippen molar-refractivity contribution in [1.29, 1.82) is 0 Å². The summed E-state index contributed by atoms with van der Waals surface area (Å²) in [5.74, 6) is -0.779. The molecule has 0 aliphatic carbocycles. The van der Waals surface area contributed by atoms with Crippen LogP contribution in [0.15, 0.2) is 48.5 Å². The summed E-state index contributed by atoms with van der Waals surface area (Å²) >= 11 is 0. The highest BCUT2D eigenvalue weighted by molar-refractivity contribution is 7.89. The summed E-state index contributed by atoms with van der Waals surface area (Å²) in [6.07, 6.45) is 0.120. The second kappa shape index (κ2) is 10.3. The van der Waals surface area contributed by atoms with Crippen molar-refractivity contribution in [1.82, 2.24) is 14.5 Å². The number of benzene rings is 2. The largest absolute Gasteiger partial charge is 0.415 e. The average Bonchev–Trinajstić information content (AvgIpc) is 2.72. The summed E-state index contributed by atoms with van der Waals surface area (Å²) in [4.78, 5) is 28.8. The number of piperazine rings is 1. The van der Waals surface area contributed by atoms with Crippen molar-refractivity contribution in [3.63, 3.8) is 0 Å². The maximum absolute atomic E-state index is 13.2. The lowest BCUT2D eigenvalue weighted by Gasteiger charge is -2.43. The van der Waals surface area contributed by atoms with E-state index in [4.69, 9.17) is 4.74 Å². The SMILES string of the molecule is C[C@@H]1CN(Cc2ccc(F)cc2)[C@@H](C)CN1C(=O)Oc1ccccc1CC(=O)NS(C)(=O)=O. The molecule has 3 rings (SSSR count). The van der Waals surface area contributed by atoms with Gasteiger partial charge in [-0.1, -0.05) is 30.3 Å². The van der Waals surface area contributed by atoms with Gasteiger partial charge >= 0.3 is 6.09 Å². The molecule has 0 saturated carbocycles. The zero-order valence-electron chi connectivity index (χ0n) is 18.8. The second-order valence-electron chi connectivity index (χ2n) is 8.36. The zero-order chi connectivity index (χ0) is 24.2. The zero-order valence-corrected chi connectivity index (χ0v) is 19.6. The molecule has 1 aliphatic heterocycles. The summed E-state index contributed by atoms with van der Waals surface area (Å²) in [6.45, 7) is 5.65. The van der Waals surface area contributed by atoms with E-state index in [2.05, 4.69) is 4.90 Å². The van der Waals surface area contributed by atoms with Crippen LogP contribution in [0.5, 0.6) is 5.75 Å². The van der Waals surface area contributed by atoms with Crippen molar-refractivity contribution in [3.8, 4) is 5.75 Å². The number of rotatable bonds is 6. The van der Waals surface area contributed by atoms with E-state index < -0.39 is 22.0 Å². The number of para-hydroxylation sites is 1. The van der Waals surface area contributed by atoms with Crippen LogP contribution in [0.25, 0.3) is 0 Å². The summed E-state index contributed by atoms with van der Waals surface area (Å²) in [5, 5.41) is 0. The van der Waals surface area contributed by atoms with Gasteiger partial charge in [-0.15, -0.1) is 0 Å². The van der Waals surface area contributed by atoms with Crippen molar-refractivity contribution in [3.05, 3.63) is 65.5 Å². The Kier molecular flexibility index (Phi) is 7.70. The highest BCUT2D eigenvalue weighted by Gasteiger charge is 2.33. The third-order valence-electron chi connectivity index (χ3n) is 5.47. The van der Waals surface area contributed by atoms with Crippen LogP contribution in [-0.2, 0) is 27.8 Å². The Morgan fingerprint density at radius 1 is 1.06 bits per heavy atom. The number of carbonyl (C=O) groups excluding carboxylic acids is 2. The molecular weight excluding hydrogens is 449 g/mol. The first-order valence-corrected chi connectivity index (χ1v) is 12.5. The highest BCUT2D eigenvalue weighted by Crippen LogP contribution is 2.23. The van der Waals surface area contributed by atoms with Crippen molar-refractivity contribution >= 4 is 22.0 Å². The molecule has 0 unspecified atom stereocenters. The van der Waals surface area contributed by atoms with Gasteiger partial charge in [0.15, 0.2) is 0 Å². The van der Waals surface area contributed by atoms with Crippen LogP contribution in [0, 0.1) is 5.82 Å². The summed E-state index contributed by atoms with van der Waals surface area (Å²) in [7, 11) is -3.68. The normalized spacial score (nSPS) is 19.2. The number of carbonyl (C=O) groups is 2. The van der Waals surface area contributed by atoms with Crippen molar-refractivity contribution in [2.75, 3.05) is 19.3 Å². The van der Waals surface area contributed by atoms with Crippen LogP contribution < -0.4 is 9.46 Å². The van der Waals surface area contributed by atoms with E-state index in [1.54, 1.807) is 41.3 Å². The number of amides is 2. The maximum Gasteiger partial charge on any atom is 0.415 e. The van der Waals surface area contributed by atoms with Crippen LogP contribution >= 0.6 is 0 Å². The van der Waals surface area contributed by atoms with Crippen molar-refractivity contribution in [2.24, 2.45) is 0 Å². The van der Waals surface area contributed by atoms with Gasteiger partial charge in [-0.25, -0.2) is 17.6 Å². The Morgan fingerprint density at radius 2 is 1.73 bits per heavy atom. The molecular formula is C23H28FN3O5S. The Balaban J connectivity index is 1.64. The minimum absolute atomic E-state index is 0.0505. The van der Waals surface area contributed by atoms with Gasteiger partial charge in [0.1, 0.15) is 11.6 Å². The molecule has 2 atom stereocenters. The fourth-order valence-corrected chi connectivity index (χ4v) is 4.30. The maximum atomic E-state index is 13.2. The smallest absolute Gasteiger partial charge is 0.410 e. The first-order valence-electron chi connectivity index (χ1n) is 10.6. The number of nitrogens with one attached hydrogen (secondary N) is 1. The van der Waals surface area contributed by atoms with Crippen LogP contribution in [0.2, 0.25) is 0 Å². The summed E-state index contributed by atoms with van der Waals surface area (Å²) in [6, 6.07) is 12.8. The first kappa shape index (κ1) is 24.7. The number of ether oxygens (including phenoxy) is 1. The minimum Gasteiger partial charge on any atom is -0.410 e. The lowest BCUT2D eigenvalue weighted by atomic mass is 10.1. The number of hydrogen-bond donors (Lipinski definition) is 1. The average molecular weight is 478 g/mol. The monoisotopic (exact) mass is 477 g/mol. The van der Waals surface area contributed by atoms with Gasteiger partial charge in [0.05, 0.1) is 12.7 Å². The molecule has 33 heavy (non-hydrogen) atoms. The van der Waals surface area contributed by atoms with Crippen LogP contribution in [0.1, 0.15) is 25.0 Å². The van der Waals surface area contributed by atoms with E-state index in [-0.39, 0.29) is 30.1 Å². The Bertz CT molecular complexity index is 1110. The molecule has 8 nitrogen and oxygen atoms in total. The Hall–Kier alpha value is -2.98. The molecule has 10 heteroatoms. The third kappa shape index (κ3) is 7.00. The van der Waals surface area contributed by atoms with E-state index in [0.717, 1.165) is 11.8 Å². The van der Waals surface area contributed by atoms with Gasteiger partial charge < -0.3 is 9.64 Å². The van der Waals surface area contributed by atoms with E-state index in [1.807, 2.05) is 18.6 Å². The molecule has 1 N–H and O–H groups in total. The van der Waals surface area contributed by atoms with Crippen molar-refractivity contribution < 1.29 is 27.1 Å². The van der Waals surface area contributed by atoms with Gasteiger partial charge in [-0.3, -0.25) is 14.4 Å². The van der Waals surface area contributed by atoms with Gasteiger partial charge in [0.25, 0.3) is 0 Å². The molecule has 0 aromatic heterocycles. The molecule has 1 heterocycles. The summed E-state index contributed by atoms with van der Waals surface area (Å²) < 4.78 is 43.2. The topological polar surface area (TPSA) is 96.0 Å². The number of nitrogens with zero attached hydrogens (tertiary/aromatic N) is 2. The summed E-state index contributed by atoms with van der Waals surface area (Å²) in [5.41, 5.74) is 1.40. The van der Waals surface area contributed by atoms with Gasteiger partial charge in [0.2, 0.25) is 15.9 Å². The standard InChI is InChI=1S/C23H28FN3O5S/c1-16-14-27(17(2)13-26(16)15-18-8-10-20(24)11-9-18)23(29)32-21-7-5-4-6-19(21)12-22(28)25-33(3,30)31/h4-11,16-17H,12-15H2,1-3H3,(H,25,28)/t16-,17+/m0/s1. The lowest BCUT2D eigenvalue weighted by Crippen LogP contribution is -2.58. The number of hydrogen-bond acceptors (Lipinski definition) is 6. The third-order valence-corrected chi connectivity index (χ3v) is 6.07. The Labute approximate surface area is 193 Å². The highest BCUT2D eigenvalue weighted by atomic mass is 32.2. The van der Waals surface area contributed by atoms with Crippen LogP contribution in [0.3, 0.4) is 0 Å². The van der Waals surface area contributed by atoms with Crippen molar-refractivity contribution in [2.45, 2.75) is 38.9 Å². The van der Waals surface area contributed by atoms with E-state index in [1.165, 1.54) is 12.1 Å². The molecule has 2 aromatic rings. The minimum atomic E-state index is -3.68. The quantitative estimate of drug-likeness (QED) is 0.687. The van der Waals surface area contributed by atoms with E-state index >= 15 is 0 Å². The fraction of sp³-hybridized carbons (Fsp3) is 0.391. The molecule has 1 saturated heterocycles. The molecule has 1 fully saturated rings. The second-order valence-corrected chi connectivity index (χ2v) is 10.1. The van der Waals surface area contributed by atoms with Gasteiger partial charge in [0, 0.05) is 37.3 Å². The van der Waals surface area contributed by atoms with Gasteiger partial charge in [-0.2, -0.15) is 0 Å². The Morgan fingerprint density at radius 3 is 2.39 bits per heavy atom. The molecule has 1 aliphatic rings. The predicted molar refractivity (Wildman–Crippen MR) is 122 cm³/mol. The molecule has 0 spiro atoms. The lowest BCUT2D eigenvalue weighted by molar-refractivity contribution is -0.118. The number of halogens is 1. The molecule has 2 aromatic carbocycles. The van der Waals surface area contributed by atoms with Crippen LogP contribution in [-0.4, -0.2) is 61.6 Å². The molecule has 0 radical (unpaired) electrons. The fourth-order valence-electron chi connectivity index (χ4n) is 3.82. The number of sulfonamides is 1. The van der Waals surface area contributed by atoms with Gasteiger partial charge in [-0.05, 0) is 37.6 Å². The van der Waals surface area contributed by atoms with E-state index in [0.29, 0.717) is 25.2 Å². The van der Waals surface area contributed by atoms with E-state index in [9.17, 15) is 22.4 Å². The van der Waals surface area contributed by atoms with Crippen LogP contribution in [0.4, 0.5) is 9.18 Å². The first-order chi connectivity index (χ1) is 15.5. The molecule has 178 valence electrons. The molecule has 0 bridgehead atoms.